The number of amides is 1. The highest BCUT2D eigenvalue weighted by Crippen LogP contribution is 2.35. The number of pyridine rings is 2. The van der Waals surface area contributed by atoms with Crippen LogP contribution in [0.2, 0.25) is 5.02 Å². The Labute approximate surface area is 170 Å². The lowest BCUT2D eigenvalue weighted by Gasteiger charge is -2.11. The van der Waals surface area contributed by atoms with E-state index in [1.54, 1.807) is 24.7 Å². The third-order valence-corrected chi connectivity index (χ3v) is 4.60. The van der Waals surface area contributed by atoms with E-state index in [4.69, 9.17) is 11.6 Å². The number of rotatable bonds is 6. The number of carbonyl (C=O) groups is 1. The maximum Gasteiger partial charge on any atom is 0.417 e. The summed E-state index contributed by atoms with van der Waals surface area (Å²) < 4.78 is 38.8. The Balaban J connectivity index is 1.56. The normalized spacial score (nSPS) is 11.3. The minimum absolute atomic E-state index is 0.0707. The molecule has 29 heavy (non-hydrogen) atoms. The first kappa shape index (κ1) is 20.8. The zero-order valence-electron chi connectivity index (χ0n) is 15.2. The predicted octanol–water partition coefficient (Wildman–Crippen LogP) is 5.06. The van der Waals surface area contributed by atoms with Crippen molar-refractivity contribution in [3.63, 3.8) is 0 Å². The van der Waals surface area contributed by atoms with E-state index < -0.39 is 11.7 Å². The summed E-state index contributed by atoms with van der Waals surface area (Å²) in [6.07, 6.45) is 0.734. The van der Waals surface area contributed by atoms with Gasteiger partial charge in [0.05, 0.1) is 16.3 Å². The van der Waals surface area contributed by atoms with Crippen molar-refractivity contribution in [3.8, 4) is 11.3 Å². The molecule has 0 unspecified atom stereocenters. The van der Waals surface area contributed by atoms with Crippen molar-refractivity contribution in [3.05, 3.63) is 82.8 Å². The van der Waals surface area contributed by atoms with E-state index in [-0.39, 0.29) is 23.8 Å². The van der Waals surface area contributed by atoms with Crippen LogP contribution in [-0.4, -0.2) is 15.9 Å². The Morgan fingerprint density at radius 2 is 1.76 bits per heavy atom. The maximum atomic E-state index is 12.9. The second-order valence-corrected chi connectivity index (χ2v) is 6.78. The van der Waals surface area contributed by atoms with Crippen molar-refractivity contribution in [2.24, 2.45) is 0 Å². The molecular weight excluding hydrogens is 403 g/mol. The number of halogens is 4. The SMILES string of the molecule is O=C(CCc1ccc(Cl)c(C(F)(F)F)c1)NCc1ccnc(-c2ccncc2)c1. The number of alkyl halides is 3. The van der Waals surface area contributed by atoms with Crippen LogP contribution in [0.1, 0.15) is 23.1 Å². The van der Waals surface area contributed by atoms with Crippen molar-refractivity contribution in [1.82, 2.24) is 15.3 Å². The van der Waals surface area contributed by atoms with Crippen LogP contribution in [-0.2, 0) is 23.9 Å². The molecule has 1 N–H and O–H groups in total. The van der Waals surface area contributed by atoms with E-state index in [0.29, 0.717) is 12.1 Å². The summed E-state index contributed by atoms with van der Waals surface area (Å²) in [5, 5.41) is 2.42. The maximum absolute atomic E-state index is 12.9. The Morgan fingerprint density at radius 1 is 1.00 bits per heavy atom. The van der Waals surface area contributed by atoms with E-state index in [1.165, 1.54) is 12.1 Å². The van der Waals surface area contributed by atoms with Crippen LogP contribution in [0, 0.1) is 0 Å². The van der Waals surface area contributed by atoms with Crippen LogP contribution < -0.4 is 5.32 Å². The van der Waals surface area contributed by atoms with Crippen LogP contribution >= 0.6 is 11.6 Å². The molecule has 0 saturated heterocycles. The first-order valence-corrected chi connectivity index (χ1v) is 9.18. The lowest BCUT2D eigenvalue weighted by atomic mass is 10.1. The van der Waals surface area contributed by atoms with Crippen LogP contribution in [0.25, 0.3) is 11.3 Å². The quantitative estimate of drug-likeness (QED) is 0.607. The molecule has 0 saturated carbocycles. The molecule has 2 aromatic heterocycles. The monoisotopic (exact) mass is 419 g/mol. The number of aromatic nitrogens is 2. The number of nitrogens with zero attached hydrogens (tertiary/aromatic N) is 2. The van der Waals surface area contributed by atoms with Gasteiger partial charge in [-0.1, -0.05) is 17.7 Å². The smallest absolute Gasteiger partial charge is 0.352 e. The molecule has 2 heterocycles. The number of hydrogen-bond acceptors (Lipinski definition) is 3. The highest BCUT2D eigenvalue weighted by Gasteiger charge is 2.33. The summed E-state index contributed by atoms with van der Waals surface area (Å²) in [7, 11) is 0. The second kappa shape index (κ2) is 9.05. The number of carbonyl (C=O) groups excluding carboxylic acids is 1. The zero-order chi connectivity index (χ0) is 20.9. The van der Waals surface area contributed by atoms with Crippen molar-refractivity contribution >= 4 is 17.5 Å². The number of hydrogen-bond donors (Lipinski definition) is 1. The number of nitrogens with one attached hydrogen (secondary N) is 1. The molecule has 0 aliphatic heterocycles. The van der Waals surface area contributed by atoms with Gasteiger partial charge < -0.3 is 5.32 Å². The topological polar surface area (TPSA) is 54.9 Å². The highest BCUT2D eigenvalue weighted by atomic mass is 35.5. The van der Waals surface area contributed by atoms with Crippen molar-refractivity contribution in [1.29, 1.82) is 0 Å². The molecule has 4 nitrogen and oxygen atoms in total. The van der Waals surface area contributed by atoms with Gasteiger partial charge in [0.1, 0.15) is 0 Å². The molecule has 3 aromatic rings. The van der Waals surface area contributed by atoms with Crippen LogP contribution in [0.5, 0.6) is 0 Å². The van der Waals surface area contributed by atoms with E-state index in [0.717, 1.165) is 22.9 Å². The van der Waals surface area contributed by atoms with E-state index in [9.17, 15) is 18.0 Å². The summed E-state index contributed by atoms with van der Waals surface area (Å²) in [5.74, 6) is -0.254. The number of benzene rings is 1. The molecule has 0 bridgehead atoms. The average Bonchev–Trinajstić information content (AvgIpc) is 2.71. The Bertz CT molecular complexity index is 994. The van der Waals surface area contributed by atoms with Gasteiger partial charge in [0.2, 0.25) is 5.91 Å². The third-order valence-electron chi connectivity index (χ3n) is 4.27. The van der Waals surface area contributed by atoms with Crippen LogP contribution in [0.3, 0.4) is 0 Å². The second-order valence-electron chi connectivity index (χ2n) is 6.37. The van der Waals surface area contributed by atoms with Crippen molar-refractivity contribution in [2.45, 2.75) is 25.6 Å². The molecule has 0 radical (unpaired) electrons. The minimum atomic E-state index is -4.52. The fourth-order valence-corrected chi connectivity index (χ4v) is 2.98. The zero-order valence-corrected chi connectivity index (χ0v) is 16.0. The van der Waals surface area contributed by atoms with Gasteiger partial charge in [-0.2, -0.15) is 13.2 Å². The fraction of sp³-hybridized carbons (Fsp3) is 0.190. The number of aryl methyl sites for hydroxylation is 1. The Kier molecular flexibility index (Phi) is 6.49. The molecule has 0 aliphatic rings. The molecule has 0 aliphatic carbocycles. The van der Waals surface area contributed by atoms with Gasteiger partial charge >= 0.3 is 6.18 Å². The Hall–Kier alpha value is -2.93. The summed E-state index contributed by atoms with van der Waals surface area (Å²) >= 11 is 5.61. The highest BCUT2D eigenvalue weighted by molar-refractivity contribution is 6.31. The largest absolute Gasteiger partial charge is 0.417 e. The summed E-state index contributed by atoms with van der Waals surface area (Å²) in [6, 6.07) is 11.0. The minimum Gasteiger partial charge on any atom is -0.352 e. The van der Waals surface area contributed by atoms with Gasteiger partial charge in [-0.3, -0.25) is 14.8 Å². The fourth-order valence-electron chi connectivity index (χ4n) is 2.76. The third kappa shape index (κ3) is 5.77. The van der Waals surface area contributed by atoms with Gasteiger partial charge in [-0.25, -0.2) is 0 Å². The lowest BCUT2D eigenvalue weighted by Crippen LogP contribution is -2.23. The molecule has 3 rings (SSSR count). The van der Waals surface area contributed by atoms with Crippen LogP contribution in [0.15, 0.2) is 61.1 Å². The van der Waals surface area contributed by atoms with E-state index in [2.05, 4.69) is 15.3 Å². The molecule has 0 spiro atoms. The first-order chi connectivity index (χ1) is 13.8. The summed E-state index contributed by atoms with van der Waals surface area (Å²) in [6.45, 7) is 0.299. The molecule has 8 heteroatoms. The first-order valence-electron chi connectivity index (χ1n) is 8.80. The molecule has 0 fully saturated rings. The summed E-state index contributed by atoms with van der Waals surface area (Å²) in [4.78, 5) is 20.4. The lowest BCUT2D eigenvalue weighted by molar-refractivity contribution is -0.137. The van der Waals surface area contributed by atoms with Gasteiger partial charge in [-0.15, -0.1) is 0 Å². The van der Waals surface area contributed by atoms with Crippen molar-refractivity contribution < 1.29 is 18.0 Å². The molecule has 1 amide bonds. The average molecular weight is 420 g/mol. The molecule has 0 atom stereocenters. The van der Waals surface area contributed by atoms with Crippen molar-refractivity contribution in [2.75, 3.05) is 0 Å². The molecular formula is C21H17ClF3N3O. The molecule has 1 aromatic carbocycles. The van der Waals surface area contributed by atoms with Gasteiger partial charge in [0.15, 0.2) is 0 Å². The van der Waals surface area contributed by atoms with Gasteiger partial charge in [0.25, 0.3) is 0 Å². The van der Waals surface area contributed by atoms with Crippen LogP contribution in [0.4, 0.5) is 13.2 Å². The van der Waals surface area contributed by atoms with E-state index in [1.807, 2.05) is 18.2 Å². The standard InChI is InChI=1S/C21H17ClF3N3O/c22-18-3-1-14(11-17(18)21(23,24)25)2-4-20(29)28-13-15-5-10-27-19(12-15)16-6-8-26-9-7-16/h1,3,5-12H,2,4,13H2,(H,28,29). The predicted molar refractivity (Wildman–Crippen MR) is 104 cm³/mol. The van der Waals surface area contributed by atoms with E-state index >= 15 is 0 Å². The van der Waals surface area contributed by atoms with Gasteiger partial charge in [-0.05, 0) is 53.9 Å². The molecule has 150 valence electrons. The Morgan fingerprint density at radius 3 is 2.48 bits per heavy atom. The summed E-state index contributed by atoms with van der Waals surface area (Å²) in [5.41, 5.74) is 2.06. The van der Waals surface area contributed by atoms with Gasteiger partial charge in [0, 0.05) is 37.1 Å².